The van der Waals surface area contributed by atoms with Crippen LogP contribution in [0.4, 0.5) is 15.8 Å². The number of rotatable bonds is 4. The van der Waals surface area contributed by atoms with Gasteiger partial charge in [-0.05, 0) is 44.2 Å². The minimum absolute atomic E-state index is 0.0513. The first kappa shape index (κ1) is 18.4. The highest BCUT2D eigenvalue weighted by Crippen LogP contribution is 2.26. The van der Waals surface area contributed by atoms with Gasteiger partial charge in [0, 0.05) is 5.56 Å². The van der Waals surface area contributed by atoms with E-state index in [2.05, 4.69) is 9.72 Å². The van der Waals surface area contributed by atoms with Gasteiger partial charge in [-0.3, -0.25) is 0 Å². The van der Waals surface area contributed by atoms with Crippen LogP contribution in [-0.2, 0) is 10.3 Å². The van der Waals surface area contributed by atoms with E-state index in [1.54, 1.807) is 32.1 Å². The van der Waals surface area contributed by atoms with Gasteiger partial charge in [-0.2, -0.15) is 0 Å². The van der Waals surface area contributed by atoms with Gasteiger partial charge in [-0.25, -0.2) is 14.2 Å². The molecule has 1 aromatic heterocycles. The fourth-order valence-electron chi connectivity index (χ4n) is 2.30. The lowest BCUT2D eigenvalue weighted by Crippen LogP contribution is -2.20. The summed E-state index contributed by atoms with van der Waals surface area (Å²) in [5.41, 5.74) is 12.1. The number of nitrogen functional groups attached to an aromatic ring is 2. The summed E-state index contributed by atoms with van der Waals surface area (Å²) in [5, 5.41) is 10.1. The molecule has 7 heteroatoms. The Balaban J connectivity index is 2.44. The second-order valence-corrected chi connectivity index (χ2v) is 6.01. The maximum Gasteiger partial charge on any atom is 0.340 e. The zero-order valence-electron chi connectivity index (χ0n) is 14.2. The molecule has 0 spiro atoms. The molecule has 25 heavy (non-hydrogen) atoms. The Morgan fingerprint density at radius 3 is 2.56 bits per heavy atom. The summed E-state index contributed by atoms with van der Waals surface area (Å²) in [4.78, 5) is 16.0. The van der Waals surface area contributed by atoms with Gasteiger partial charge in [-0.1, -0.05) is 6.08 Å². The Labute approximate surface area is 144 Å². The molecule has 2 rings (SSSR count). The Morgan fingerprint density at radius 1 is 1.28 bits per heavy atom. The van der Waals surface area contributed by atoms with E-state index >= 15 is 0 Å². The van der Waals surface area contributed by atoms with Crippen molar-refractivity contribution in [3.05, 3.63) is 52.6 Å². The fourth-order valence-corrected chi connectivity index (χ4v) is 2.30. The lowest BCUT2D eigenvalue weighted by molar-refractivity contribution is 0.0601. The number of esters is 1. The van der Waals surface area contributed by atoms with E-state index in [9.17, 15) is 14.3 Å². The van der Waals surface area contributed by atoms with Crippen molar-refractivity contribution in [3.63, 3.8) is 0 Å². The zero-order valence-corrected chi connectivity index (χ0v) is 14.2. The van der Waals surface area contributed by atoms with Crippen molar-refractivity contribution in [1.29, 1.82) is 0 Å². The first-order valence-corrected chi connectivity index (χ1v) is 7.48. The van der Waals surface area contributed by atoms with Crippen LogP contribution in [0.25, 0.3) is 12.2 Å². The molecule has 0 radical (unpaired) electrons. The van der Waals surface area contributed by atoms with Crippen molar-refractivity contribution in [1.82, 2.24) is 4.98 Å². The second-order valence-electron chi connectivity index (χ2n) is 6.01. The van der Waals surface area contributed by atoms with Gasteiger partial charge in [0.1, 0.15) is 11.4 Å². The molecule has 0 aliphatic rings. The summed E-state index contributed by atoms with van der Waals surface area (Å²) in [6.07, 6.45) is 3.11. The number of hydrogen-bond acceptors (Lipinski definition) is 6. The molecular formula is C18H20FN3O3. The number of carbonyl (C=O) groups is 1. The molecule has 0 aliphatic heterocycles. The van der Waals surface area contributed by atoms with E-state index in [-0.39, 0.29) is 11.3 Å². The summed E-state index contributed by atoms with van der Waals surface area (Å²) in [7, 11) is 1.19. The molecule has 2 aromatic rings. The number of benzene rings is 1. The standard InChI is InChI=1S/C18H20FN3O3/c1-18(2,24)16-14(20)7-6-12(22-16)5-4-10-8-11(19)9-13(15(10)21)17(23)25-3/h4-9,24H,20-21H2,1-3H3/b5-4+. The van der Waals surface area contributed by atoms with Gasteiger partial charge in [0.15, 0.2) is 0 Å². The molecule has 0 amide bonds. The van der Waals surface area contributed by atoms with E-state index in [0.29, 0.717) is 22.6 Å². The number of carbonyl (C=O) groups excluding carboxylic acids is 1. The van der Waals surface area contributed by atoms with Gasteiger partial charge >= 0.3 is 5.97 Å². The number of halogens is 1. The Bertz CT molecular complexity index is 842. The van der Waals surface area contributed by atoms with Crippen LogP contribution in [-0.4, -0.2) is 23.2 Å². The summed E-state index contributed by atoms with van der Waals surface area (Å²) in [6.45, 7) is 3.15. The third-order valence-electron chi connectivity index (χ3n) is 3.54. The molecule has 0 bridgehead atoms. The topological polar surface area (TPSA) is 111 Å². The third kappa shape index (κ3) is 4.13. The van der Waals surface area contributed by atoms with Crippen LogP contribution in [0.2, 0.25) is 0 Å². The fraction of sp³-hybridized carbons (Fsp3) is 0.222. The maximum absolute atomic E-state index is 13.7. The number of hydrogen-bond donors (Lipinski definition) is 3. The van der Waals surface area contributed by atoms with E-state index in [1.165, 1.54) is 19.3 Å². The maximum atomic E-state index is 13.7. The Hall–Kier alpha value is -2.93. The molecule has 0 saturated heterocycles. The number of nitrogens with two attached hydrogens (primary N) is 2. The molecule has 0 atom stereocenters. The molecule has 5 N–H and O–H groups in total. The van der Waals surface area contributed by atoms with E-state index in [1.807, 2.05) is 0 Å². The first-order chi connectivity index (χ1) is 11.6. The first-order valence-electron chi connectivity index (χ1n) is 7.48. The van der Waals surface area contributed by atoms with Crippen molar-refractivity contribution < 1.29 is 19.0 Å². The zero-order chi connectivity index (χ0) is 18.8. The van der Waals surface area contributed by atoms with Gasteiger partial charge in [0.25, 0.3) is 0 Å². The van der Waals surface area contributed by atoms with E-state index in [0.717, 1.165) is 6.07 Å². The number of methoxy groups -OCH3 is 1. The normalized spacial score (nSPS) is 11.7. The monoisotopic (exact) mass is 345 g/mol. The van der Waals surface area contributed by atoms with Crippen LogP contribution in [0.5, 0.6) is 0 Å². The molecule has 0 aliphatic carbocycles. The second kappa shape index (κ2) is 6.90. The quantitative estimate of drug-likeness (QED) is 0.580. The van der Waals surface area contributed by atoms with Crippen molar-refractivity contribution >= 4 is 29.5 Å². The number of nitrogens with zero attached hydrogens (tertiary/aromatic N) is 1. The predicted octanol–water partition coefficient (Wildman–Crippen LogP) is 2.57. The highest BCUT2D eigenvalue weighted by atomic mass is 19.1. The molecule has 0 fully saturated rings. The van der Waals surface area contributed by atoms with Crippen LogP contribution in [0.1, 0.15) is 41.2 Å². The summed E-state index contributed by atoms with van der Waals surface area (Å²) >= 11 is 0. The number of aromatic nitrogens is 1. The number of aliphatic hydroxyl groups is 1. The molecular weight excluding hydrogens is 325 g/mol. The molecule has 0 unspecified atom stereocenters. The number of pyridine rings is 1. The lowest BCUT2D eigenvalue weighted by atomic mass is 10.0. The van der Waals surface area contributed by atoms with Gasteiger partial charge in [-0.15, -0.1) is 0 Å². The van der Waals surface area contributed by atoms with Crippen LogP contribution < -0.4 is 11.5 Å². The average molecular weight is 345 g/mol. The number of ether oxygens (including phenoxy) is 1. The van der Waals surface area contributed by atoms with Crippen LogP contribution in [0.15, 0.2) is 24.3 Å². The van der Waals surface area contributed by atoms with Gasteiger partial charge < -0.3 is 21.3 Å². The van der Waals surface area contributed by atoms with Gasteiger partial charge in [0.2, 0.25) is 0 Å². The minimum atomic E-state index is -1.20. The molecule has 1 heterocycles. The van der Waals surface area contributed by atoms with E-state index < -0.39 is 17.4 Å². The highest BCUT2D eigenvalue weighted by Gasteiger charge is 2.21. The SMILES string of the molecule is COC(=O)c1cc(F)cc(/C=C/c2ccc(N)c(C(C)(C)O)n2)c1N. The molecule has 0 saturated carbocycles. The van der Waals surface area contributed by atoms with Crippen LogP contribution in [0.3, 0.4) is 0 Å². The van der Waals surface area contributed by atoms with Gasteiger partial charge in [0.05, 0.1) is 35.4 Å². The van der Waals surface area contributed by atoms with Crippen molar-refractivity contribution in [2.45, 2.75) is 19.4 Å². The predicted molar refractivity (Wildman–Crippen MR) is 95.0 cm³/mol. The van der Waals surface area contributed by atoms with Crippen molar-refractivity contribution in [3.8, 4) is 0 Å². The smallest absolute Gasteiger partial charge is 0.340 e. The Kier molecular flexibility index (Phi) is 5.08. The summed E-state index contributed by atoms with van der Waals surface area (Å²) in [6, 6.07) is 5.49. The largest absolute Gasteiger partial charge is 0.465 e. The minimum Gasteiger partial charge on any atom is -0.465 e. The van der Waals surface area contributed by atoms with Crippen molar-refractivity contribution in [2.75, 3.05) is 18.6 Å². The molecule has 6 nitrogen and oxygen atoms in total. The van der Waals surface area contributed by atoms with Crippen LogP contribution in [0, 0.1) is 5.82 Å². The third-order valence-corrected chi connectivity index (χ3v) is 3.54. The van der Waals surface area contributed by atoms with Crippen molar-refractivity contribution in [2.24, 2.45) is 0 Å². The summed E-state index contributed by atoms with van der Waals surface area (Å²) < 4.78 is 18.3. The average Bonchev–Trinajstić information content (AvgIpc) is 2.54. The highest BCUT2D eigenvalue weighted by molar-refractivity contribution is 5.97. The summed E-state index contributed by atoms with van der Waals surface area (Å²) in [5.74, 6) is -1.33. The molecule has 1 aromatic carbocycles. The lowest BCUT2D eigenvalue weighted by Gasteiger charge is -2.18. The number of anilines is 2. The Morgan fingerprint density at radius 2 is 1.96 bits per heavy atom. The molecule has 132 valence electrons. The van der Waals surface area contributed by atoms with E-state index in [4.69, 9.17) is 11.5 Å². The van der Waals surface area contributed by atoms with Crippen LogP contribution >= 0.6 is 0 Å².